The van der Waals surface area contributed by atoms with Crippen LogP contribution in [0.3, 0.4) is 0 Å². The van der Waals surface area contributed by atoms with Crippen molar-refractivity contribution in [1.29, 1.82) is 0 Å². The lowest BCUT2D eigenvalue weighted by atomic mass is 9.96. The van der Waals surface area contributed by atoms with Gasteiger partial charge in [-0.25, -0.2) is 9.78 Å². The zero-order valence-electron chi connectivity index (χ0n) is 14.8. The number of aromatic amines is 1. The Bertz CT molecular complexity index is 861. The lowest BCUT2D eigenvalue weighted by molar-refractivity contribution is -0.0355. The number of imidazole rings is 1. The molecule has 2 amide bonds. The SMILES string of the molecule is CC[C@H]1O[C@@H](n2cnc3c(=O)[nH]c(N)nc32)[C@H](O)[C@@H]1CNC(=O)N(C)C. The maximum atomic E-state index is 11.9. The van der Waals surface area contributed by atoms with Crippen LogP contribution in [0.4, 0.5) is 10.7 Å². The molecule has 4 atom stereocenters. The molecule has 26 heavy (non-hydrogen) atoms. The second kappa shape index (κ2) is 6.92. The number of hydrogen-bond donors (Lipinski definition) is 4. The highest BCUT2D eigenvalue weighted by Gasteiger charge is 2.44. The van der Waals surface area contributed by atoms with E-state index in [1.807, 2.05) is 6.92 Å². The smallest absolute Gasteiger partial charge is 0.316 e. The molecule has 11 nitrogen and oxygen atoms in total. The third-order valence-corrected chi connectivity index (χ3v) is 4.54. The van der Waals surface area contributed by atoms with Crippen LogP contribution in [-0.2, 0) is 4.74 Å². The zero-order valence-corrected chi connectivity index (χ0v) is 14.8. The topological polar surface area (TPSA) is 151 Å². The van der Waals surface area contributed by atoms with Gasteiger partial charge in [0.25, 0.3) is 5.56 Å². The number of nitrogen functional groups attached to an aromatic ring is 1. The van der Waals surface area contributed by atoms with Crippen LogP contribution in [0.5, 0.6) is 0 Å². The molecular weight excluding hydrogens is 342 g/mol. The molecule has 1 aliphatic rings. The number of nitrogens with two attached hydrogens (primary N) is 1. The molecule has 0 radical (unpaired) electrons. The van der Waals surface area contributed by atoms with E-state index in [1.165, 1.54) is 15.8 Å². The van der Waals surface area contributed by atoms with Gasteiger partial charge in [0.1, 0.15) is 6.10 Å². The van der Waals surface area contributed by atoms with Crippen LogP contribution in [0.25, 0.3) is 11.2 Å². The van der Waals surface area contributed by atoms with Crippen LogP contribution < -0.4 is 16.6 Å². The number of aliphatic hydroxyl groups excluding tert-OH is 1. The van der Waals surface area contributed by atoms with E-state index in [9.17, 15) is 14.7 Å². The van der Waals surface area contributed by atoms with Crippen molar-refractivity contribution >= 4 is 23.1 Å². The fraction of sp³-hybridized carbons (Fsp3) is 0.600. The van der Waals surface area contributed by atoms with E-state index in [0.29, 0.717) is 6.42 Å². The van der Waals surface area contributed by atoms with Gasteiger partial charge < -0.3 is 25.8 Å². The summed E-state index contributed by atoms with van der Waals surface area (Å²) >= 11 is 0. The number of aromatic nitrogens is 4. The number of ether oxygens (including phenoxy) is 1. The largest absolute Gasteiger partial charge is 0.388 e. The molecule has 0 unspecified atom stereocenters. The summed E-state index contributed by atoms with van der Waals surface area (Å²) in [7, 11) is 3.28. The fourth-order valence-electron chi connectivity index (χ4n) is 3.17. The number of rotatable bonds is 4. The van der Waals surface area contributed by atoms with Gasteiger partial charge >= 0.3 is 6.03 Å². The predicted molar refractivity (Wildman–Crippen MR) is 93.3 cm³/mol. The van der Waals surface area contributed by atoms with E-state index in [-0.39, 0.29) is 41.7 Å². The van der Waals surface area contributed by atoms with Gasteiger partial charge in [-0.1, -0.05) is 6.92 Å². The number of aliphatic hydroxyl groups is 1. The Balaban J connectivity index is 1.88. The molecule has 1 saturated heterocycles. The maximum Gasteiger partial charge on any atom is 0.316 e. The van der Waals surface area contributed by atoms with Crippen LogP contribution >= 0.6 is 0 Å². The normalized spacial score (nSPS) is 25.5. The quantitative estimate of drug-likeness (QED) is 0.557. The van der Waals surface area contributed by atoms with E-state index in [4.69, 9.17) is 10.5 Å². The first-order valence-electron chi connectivity index (χ1n) is 8.34. The molecule has 5 N–H and O–H groups in total. The Hall–Kier alpha value is -2.66. The van der Waals surface area contributed by atoms with Gasteiger partial charge in [-0.05, 0) is 6.42 Å². The average Bonchev–Trinajstić information content (AvgIpc) is 3.13. The number of nitrogens with zero attached hydrogens (tertiary/aromatic N) is 4. The first-order valence-corrected chi connectivity index (χ1v) is 8.34. The van der Waals surface area contributed by atoms with Crippen LogP contribution in [0.1, 0.15) is 19.6 Å². The minimum Gasteiger partial charge on any atom is -0.388 e. The van der Waals surface area contributed by atoms with Gasteiger partial charge in [0.15, 0.2) is 17.4 Å². The Morgan fingerprint density at radius 3 is 2.92 bits per heavy atom. The highest BCUT2D eigenvalue weighted by atomic mass is 16.5. The van der Waals surface area contributed by atoms with E-state index >= 15 is 0 Å². The summed E-state index contributed by atoms with van der Waals surface area (Å²) < 4.78 is 7.48. The molecular formula is C15H23N7O4. The highest BCUT2D eigenvalue weighted by molar-refractivity contribution is 5.73. The van der Waals surface area contributed by atoms with Crippen molar-refractivity contribution < 1.29 is 14.6 Å². The summed E-state index contributed by atoms with van der Waals surface area (Å²) in [6, 6.07) is -0.246. The summed E-state index contributed by atoms with van der Waals surface area (Å²) in [5, 5.41) is 13.6. The Kier molecular flexibility index (Phi) is 4.83. The van der Waals surface area contributed by atoms with Crippen molar-refractivity contribution in [3.8, 4) is 0 Å². The molecule has 3 rings (SSSR count). The summed E-state index contributed by atoms with van der Waals surface area (Å²) in [4.78, 5) is 35.7. The van der Waals surface area contributed by atoms with Crippen LogP contribution in [-0.4, -0.2) is 68.4 Å². The molecule has 11 heteroatoms. The third kappa shape index (κ3) is 3.10. The van der Waals surface area contributed by atoms with Crippen molar-refractivity contribution in [1.82, 2.24) is 29.7 Å². The standard InChI is InChI=1S/C15H23N7O4/c1-4-8-7(5-17-15(25)21(2)3)10(23)13(26-8)22-6-18-9-11(22)19-14(16)20-12(9)24/h6-8,10,13,23H,4-5H2,1-3H3,(H,17,25)(H3,16,19,20,24)/t7-,8-,10-,13-/m1/s1. The number of nitrogens with one attached hydrogen (secondary N) is 2. The molecule has 0 aliphatic carbocycles. The number of amides is 2. The number of hydrogen-bond acceptors (Lipinski definition) is 7. The predicted octanol–water partition coefficient (Wildman–Crippen LogP) is -0.742. The first kappa shape index (κ1) is 18.1. The van der Waals surface area contributed by atoms with Crippen LogP contribution in [0, 0.1) is 5.92 Å². The molecule has 2 aromatic rings. The fourth-order valence-corrected chi connectivity index (χ4v) is 3.17. The van der Waals surface area contributed by atoms with Crippen molar-refractivity contribution in [2.75, 3.05) is 26.4 Å². The third-order valence-electron chi connectivity index (χ3n) is 4.54. The second-order valence-corrected chi connectivity index (χ2v) is 6.48. The molecule has 2 aromatic heterocycles. The monoisotopic (exact) mass is 365 g/mol. The van der Waals surface area contributed by atoms with E-state index in [1.54, 1.807) is 14.1 Å². The van der Waals surface area contributed by atoms with Crippen molar-refractivity contribution in [2.24, 2.45) is 5.92 Å². The van der Waals surface area contributed by atoms with Crippen molar-refractivity contribution in [3.05, 3.63) is 16.7 Å². The van der Waals surface area contributed by atoms with E-state index in [2.05, 4.69) is 20.3 Å². The molecule has 1 aliphatic heterocycles. The van der Waals surface area contributed by atoms with Crippen LogP contribution in [0.15, 0.2) is 11.1 Å². The molecule has 0 bridgehead atoms. The van der Waals surface area contributed by atoms with Gasteiger partial charge in [0, 0.05) is 26.6 Å². The van der Waals surface area contributed by atoms with E-state index < -0.39 is 17.9 Å². The summed E-state index contributed by atoms with van der Waals surface area (Å²) in [6.45, 7) is 2.20. The molecule has 0 spiro atoms. The molecule has 3 heterocycles. The average molecular weight is 365 g/mol. The molecule has 1 fully saturated rings. The number of anilines is 1. The van der Waals surface area contributed by atoms with Crippen molar-refractivity contribution in [3.63, 3.8) is 0 Å². The number of urea groups is 1. The first-order chi connectivity index (χ1) is 12.3. The summed E-state index contributed by atoms with van der Waals surface area (Å²) in [5.41, 5.74) is 5.51. The lowest BCUT2D eigenvalue weighted by Crippen LogP contribution is -2.42. The lowest BCUT2D eigenvalue weighted by Gasteiger charge is -2.21. The van der Waals surface area contributed by atoms with Gasteiger partial charge in [0.05, 0.1) is 12.4 Å². The van der Waals surface area contributed by atoms with Crippen molar-refractivity contribution in [2.45, 2.75) is 31.8 Å². The van der Waals surface area contributed by atoms with E-state index in [0.717, 1.165) is 0 Å². The summed E-state index contributed by atoms with van der Waals surface area (Å²) in [6.07, 6.45) is 0.0864. The number of fused-ring (bicyclic) bond motifs is 1. The Morgan fingerprint density at radius 1 is 1.54 bits per heavy atom. The van der Waals surface area contributed by atoms with Gasteiger partial charge in [-0.3, -0.25) is 14.3 Å². The number of H-pyrrole nitrogens is 1. The molecule has 0 aromatic carbocycles. The maximum absolute atomic E-state index is 11.9. The van der Waals surface area contributed by atoms with Gasteiger partial charge in [0.2, 0.25) is 5.95 Å². The van der Waals surface area contributed by atoms with Gasteiger partial charge in [-0.2, -0.15) is 4.98 Å². The summed E-state index contributed by atoms with van der Waals surface area (Å²) in [5.74, 6) is -0.357. The second-order valence-electron chi connectivity index (χ2n) is 6.48. The van der Waals surface area contributed by atoms with Gasteiger partial charge in [-0.15, -0.1) is 0 Å². The molecule has 0 saturated carbocycles. The number of carbonyl (C=O) groups is 1. The van der Waals surface area contributed by atoms with Crippen LogP contribution in [0.2, 0.25) is 0 Å². The highest BCUT2D eigenvalue weighted by Crippen LogP contribution is 2.36. The number of carbonyl (C=O) groups excluding carboxylic acids is 1. The zero-order chi connectivity index (χ0) is 19.0. The molecule has 142 valence electrons. The Labute approximate surface area is 149 Å². The minimum atomic E-state index is -0.915. The minimum absolute atomic E-state index is 0.0430. The Morgan fingerprint density at radius 2 is 2.27 bits per heavy atom.